The minimum atomic E-state index is -0.352. The molecule has 0 amide bonds. The predicted molar refractivity (Wildman–Crippen MR) is 45.4 cm³/mol. The van der Waals surface area contributed by atoms with Gasteiger partial charge in [0.25, 0.3) is 0 Å². The number of rotatable bonds is 5. The van der Waals surface area contributed by atoms with Gasteiger partial charge in [-0.25, -0.2) is 4.79 Å². The van der Waals surface area contributed by atoms with Gasteiger partial charge in [-0.3, -0.25) is 0 Å². The fraction of sp³-hybridized carbons (Fsp3) is 0.625. The normalized spacial score (nSPS) is 11.1. The number of carbonyl (C=O) groups excluding carboxylic acids is 1. The summed E-state index contributed by atoms with van der Waals surface area (Å²) in [6, 6.07) is 0. The summed E-state index contributed by atoms with van der Waals surface area (Å²) < 4.78 is 9.64. The lowest BCUT2D eigenvalue weighted by molar-refractivity contribution is -0.138. The Morgan fingerprint density at radius 1 is 1.58 bits per heavy atom. The van der Waals surface area contributed by atoms with Gasteiger partial charge in [-0.2, -0.15) is 0 Å². The standard InChI is InChI=1S/C8H15NO3/c1-3-12-8(10)7(2)6-11-5-4-9/h6H,3-5,9H2,1-2H3. The Hall–Kier alpha value is -1.03. The fourth-order valence-electron chi connectivity index (χ4n) is 0.545. The average Bonchev–Trinajstić information content (AvgIpc) is 2.05. The van der Waals surface area contributed by atoms with Crippen LogP contribution in [0.4, 0.5) is 0 Å². The Morgan fingerprint density at radius 3 is 2.75 bits per heavy atom. The third-order valence-electron chi connectivity index (χ3n) is 1.09. The van der Waals surface area contributed by atoms with Gasteiger partial charge in [-0.05, 0) is 13.8 Å². The van der Waals surface area contributed by atoms with Crippen molar-refractivity contribution < 1.29 is 14.3 Å². The highest BCUT2D eigenvalue weighted by atomic mass is 16.5. The van der Waals surface area contributed by atoms with Crippen molar-refractivity contribution in [3.05, 3.63) is 11.8 Å². The van der Waals surface area contributed by atoms with E-state index in [9.17, 15) is 4.79 Å². The van der Waals surface area contributed by atoms with Crippen molar-refractivity contribution in [1.82, 2.24) is 0 Å². The van der Waals surface area contributed by atoms with Crippen molar-refractivity contribution in [2.75, 3.05) is 19.8 Å². The molecule has 0 heterocycles. The van der Waals surface area contributed by atoms with Crippen LogP contribution in [0.15, 0.2) is 11.8 Å². The number of ether oxygens (including phenoxy) is 2. The van der Waals surface area contributed by atoms with Gasteiger partial charge in [0.05, 0.1) is 25.0 Å². The maximum Gasteiger partial charge on any atom is 0.336 e. The van der Waals surface area contributed by atoms with E-state index < -0.39 is 0 Å². The largest absolute Gasteiger partial charge is 0.499 e. The molecule has 0 aromatic heterocycles. The van der Waals surface area contributed by atoms with Gasteiger partial charge in [0, 0.05) is 6.54 Å². The highest BCUT2D eigenvalue weighted by molar-refractivity contribution is 5.87. The lowest BCUT2D eigenvalue weighted by Gasteiger charge is -2.01. The first kappa shape index (κ1) is 11.0. The topological polar surface area (TPSA) is 61.5 Å². The van der Waals surface area contributed by atoms with E-state index in [0.717, 1.165) is 0 Å². The van der Waals surface area contributed by atoms with Crippen molar-refractivity contribution in [3.63, 3.8) is 0 Å². The monoisotopic (exact) mass is 173 g/mol. The maximum atomic E-state index is 10.9. The summed E-state index contributed by atoms with van der Waals surface area (Å²) in [5, 5.41) is 0. The van der Waals surface area contributed by atoms with Gasteiger partial charge >= 0.3 is 5.97 Å². The first-order valence-electron chi connectivity index (χ1n) is 3.88. The van der Waals surface area contributed by atoms with E-state index in [0.29, 0.717) is 25.3 Å². The van der Waals surface area contributed by atoms with Gasteiger partial charge in [0.2, 0.25) is 0 Å². The molecule has 0 saturated carbocycles. The second-order valence-corrected chi connectivity index (χ2v) is 2.18. The minimum Gasteiger partial charge on any atom is -0.499 e. The molecule has 0 aliphatic heterocycles. The zero-order valence-corrected chi connectivity index (χ0v) is 7.50. The van der Waals surface area contributed by atoms with Crippen LogP contribution in [0.2, 0.25) is 0 Å². The molecule has 12 heavy (non-hydrogen) atoms. The molecule has 0 fully saturated rings. The third kappa shape index (κ3) is 4.73. The number of nitrogens with two attached hydrogens (primary N) is 1. The Labute approximate surface area is 72.3 Å². The predicted octanol–water partition coefficient (Wildman–Crippen LogP) is 0.429. The molecule has 0 saturated heterocycles. The van der Waals surface area contributed by atoms with Crippen LogP contribution < -0.4 is 5.73 Å². The Kier molecular flexibility index (Phi) is 6.09. The van der Waals surface area contributed by atoms with Crippen LogP contribution in [0.5, 0.6) is 0 Å². The molecule has 0 spiro atoms. The molecule has 4 heteroatoms. The number of hydrogen-bond acceptors (Lipinski definition) is 4. The van der Waals surface area contributed by atoms with Gasteiger partial charge in [-0.15, -0.1) is 0 Å². The van der Waals surface area contributed by atoms with Crippen molar-refractivity contribution in [2.24, 2.45) is 5.73 Å². The Balaban J connectivity index is 3.74. The number of hydrogen-bond donors (Lipinski definition) is 1. The zero-order chi connectivity index (χ0) is 9.40. The van der Waals surface area contributed by atoms with Crippen LogP contribution in [0, 0.1) is 0 Å². The molecule has 0 aliphatic carbocycles. The van der Waals surface area contributed by atoms with Gasteiger partial charge < -0.3 is 15.2 Å². The van der Waals surface area contributed by atoms with E-state index in [2.05, 4.69) is 0 Å². The van der Waals surface area contributed by atoms with Crippen molar-refractivity contribution in [3.8, 4) is 0 Å². The van der Waals surface area contributed by atoms with Crippen LogP contribution in [0.3, 0.4) is 0 Å². The molecule has 70 valence electrons. The van der Waals surface area contributed by atoms with Gasteiger partial charge in [-0.1, -0.05) is 0 Å². The Bertz CT molecular complexity index is 166. The summed E-state index contributed by atoms with van der Waals surface area (Å²) in [4.78, 5) is 10.9. The molecule has 0 aliphatic rings. The Morgan fingerprint density at radius 2 is 2.25 bits per heavy atom. The first-order chi connectivity index (χ1) is 5.72. The zero-order valence-electron chi connectivity index (χ0n) is 7.50. The van der Waals surface area contributed by atoms with Crippen LogP contribution in [-0.2, 0) is 14.3 Å². The van der Waals surface area contributed by atoms with Crippen LogP contribution >= 0.6 is 0 Å². The molecule has 0 aromatic rings. The van der Waals surface area contributed by atoms with E-state index in [-0.39, 0.29) is 5.97 Å². The number of esters is 1. The summed E-state index contributed by atoms with van der Waals surface area (Å²) in [6.45, 7) is 4.62. The lowest BCUT2D eigenvalue weighted by Crippen LogP contribution is -2.08. The SMILES string of the molecule is CCOC(=O)C(C)=COCCN. The van der Waals surface area contributed by atoms with Crippen LogP contribution in [0.25, 0.3) is 0 Å². The fourth-order valence-corrected chi connectivity index (χ4v) is 0.545. The smallest absolute Gasteiger partial charge is 0.336 e. The molecule has 4 nitrogen and oxygen atoms in total. The van der Waals surface area contributed by atoms with E-state index in [1.807, 2.05) is 0 Å². The van der Waals surface area contributed by atoms with Gasteiger partial charge in [0.1, 0.15) is 0 Å². The lowest BCUT2D eigenvalue weighted by atomic mass is 10.3. The van der Waals surface area contributed by atoms with E-state index >= 15 is 0 Å². The van der Waals surface area contributed by atoms with Crippen LogP contribution in [0.1, 0.15) is 13.8 Å². The maximum absolute atomic E-state index is 10.9. The molecule has 0 aromatic carbocycles. The quantitative estimate of drug-likeness (QED) is 0.283. The molecular weight excluding hydrogens is 158 g/mol. The average molecular weight is 173 g/mol. The summed E-state index contributed by atoms with van der Waals surface area (Å²) in [6.07, 6.45) is 1.37. The molecule has 0 bridgehead atoms. The molecular formula is C8H15NO3. The second kappa shape index (κ2) is 6.67. The second-order valence-electron chi connectivity index (χ2n) is 2.18. The summed E-state index contributed by atoms with van der Waals surface area (Å²) in [5.41, 5.74) is 5.63. The summed E-state index contributed by atoms with van der Waals surface area (Å²) in [7, 11) is 0. The van der Waals surface area contributed by atoms with E-state index in [1.165, 1.54) is 6.26 Å². The number of carbonyl (C=O) groups is 1. The van der Waals surface area contributed by atoms with Crippen molar-refractivity contribution in [1.29, 1.82) is 0 Å². The summed E-state index contributed by atoms with van der Waals surface area (Å²) >= 11 is 0. The molecule has 2 N–H and O–H groups in total. The van der Waals surface area contributed by atoms with E-state index in [4.69, 9.17) is 15.2 Å². The molecule has 0 unspecified atom stereocenters. The third-order valence-corrected chi connectivity index (χ3v) is 1.09. The highest BCUT2D eigenvalue weighted by Crippen LogP contribution is 1.96. The van der Waals surface area contributed by atoms with Crippen molar-refractivity contribution in [2.45, 2.75) is 13.8 Å². The van der Waals surface area contributed by atoms with Crippen molar-refractivity contribution >= 4 is 5.97 Å². The van der Waals surface area contributed by atoms with Gasteiger partial charge in [0.15, 0.2) is 0 Å². The van der Waals surface area contributed by atoms with Crippen LogP contribution in [-0.4, -0.2) is 25.7 Å². The minimum absolute atomic E-state index is 0.352. The molecule has 0 atom stereocenters. The molecule has 0 radical (unpaired) electrons. The highest BCUT2D eigenvalue weighted by Gasteiger charge is 2.03. The first-order valence-corrected chi connectivity index (χ1v) is 3.88. The summed E-state index contributed by atoms with van der Waals surface area (Å²) in [5.74, 6) is -0.352. The molecule has 0 rings (SSSR count). The van der Waals surface area contributed by atoms with E-state index in [1.54, 1.807) is 13.8 Å².